The predicted octanol–water partition coefficient (Wildman–Crippen LogP) is 3.01. The van der Waals surface area contributed by atoms with Crippen LogP contribution in [0.3, 0.4) is 0 Å². The van der Waals surface area contributed by atoms with Crippen LogP contribution in [-0.2, 0) is 19.1 Å². The van der Waals surface area contributed by atoms with Gasteiger partial charge in [-0.05, 0) is 39.5 Å². The van der Waals surface area contributed by atoms with E-state index in [2.05, 4.69) is 10.6 Å². The average molecular weight is 457 g/mol. The molecule has 4 amide bonds. The van der Waals surface area contributed by atoms with Crippen molar-refractivity contribution in [1.29, 1.82) is 0 Å². The van der Waals surface area contributed by atoms with E-state index in [1.165, 1.54) is 7.11 Å². The molecule has 1 rings (SSSR count). The highest BCUT2D eigenvalue weighted by Crippen LogP contribution is 2.30. The van der Waals surface area contributed by atoms with Crippen LogP contribution in [0.2, 0.25) is 0 Å². The van der Waals surface area contributed by atoms with Crippen LogP contribution in [0.5, 0.6) is 0 Å². The highest BCUT2D eigenvalue weighted by atomic mass is 16.6. The summed E-state index contributed by atoms with van der Waals surface area (Å²) in [5, 5.41) is 5.50. The summed E-state index contributed by atoms with van der Waals surface area (Å²) in [5.74, 6) is -1.08. The molecule has 0 aromatic heterocycles. The first-order chi connectivity index (χ1) is 14.7. The minimum Gasteiger partial charge on any atom is -0.444 e. The highest BCUT2D eigenvalue weighted by Gasteiger charge is 2.56. The van der Waals surface area contributed by atoms with Crippen molar-refractivity contribution in [2.24, 2.45) is 11.8 Å². The lowest BCUT2D eigenvalue weighted by Gasteiger charge is -2.37. The van der Waals surface area contributed by atoms with Crippen molar-refractivity contribution in [1.82, 2.24) is 10.6 Å². The van der Waals surface area contributed by atoms with Crippen LogP contribution >= 0.6 is 0 Å². The summed E-state index contributed by atoms with van der Waals surface area (Å²) < 4.78 is 9.84. The lowest BCUT2D eigenvalue weighted by atomic mass is 9.99. The molecule has 1 heterocycles. The van der Waals surface area contributed by atoms with Crippen molar-refractivity contribution in [3.63, 3.8) is 0 Å². The Morgan fingerprint density at radius 2 is 1.56 bits per heavy atom. The maximum Gasteiger partial charge on any atom is 0.424 e. The SMILES string of the molecule is COCC(=O)C(NC(=O)[N+]1(C(=O)[C@@H](NC(=O)OC(C)(C)C)C(C)C)CCC[C@H]1C)C(C)C. The first-order valence-corrected chi connectivity index (χ1v) is 11.4. The molecule has 2 N–H and O–H groups in total. The lowest BCUT2D eigenvalue weighted by molar-refractivity contribution is -0.786. The molecule has 0 radical (unpaired) electrons. The number of alkyl carbamates (subject to hydrolysis) is 1. The van der Waals surface area contributed by atoms with E-state index in [1.54, 1.807) is 20.8 Å². The molecule has 184 valence electrons. The van der Waals surface area contributed by atoms with E-state index in [0.717, 1.165) is 0 Å². The number of methoxy groups -OCH3 is 1. The standard InChI is InChI=1S/C23H41N3O6/c1-14(2)18(17(27)13-31-9)24-21(29)26(12-10-11-16(26)5)20(28)19(15(3)4)25-22(30)32-23(6,7)8/h14-16,18-19H,10-13H2,1-9H3,(H-,24,25,29,30)/p+1/t16-,18?,19+,26?/m1/s1. The van der Waals surface area contributed by atoms with Crippen LogP contribution in [0.15, 0.2) is 0 Å². The number of rotatable bonds is 8. The molecule has 1 fully saturated rings. The van der Waals surface area contributed by atoms with Gasteiger partial charge in [0.1, 0.15) is 18.2 Å². The molecule has 0 spiro atoms. The molecule has 32 heavy (non-hydrogen) atoms. The maximum absolute atomic E-state index is 13.8. The van der Waals surface area contributed by atoms with Crippen LogP contribution in [0.4, 0.5) is 9.59 Å². The molecular formula is C23H42N3O6+. The third-order valence-electron chi connectivity index (χ3n) is 5.82. The van der Waals surface area contributed by atoms with Gasteiger partial charge in [-0.1, -0.05) is 27.7 Å². The second-order valence-electron chi connectivity index (χ2n) is 10.4. The summed E-state index contributed by atoms with van der Waals surface area (Å²) in [6, 6.07) is -2.48. The van der Waals surface area contributed by atoms with Gasteiger partial charge < -0.3 is 14.8 Å². The van der Waals surface area contributed by atoms with Gasteiger partial charge >= 0.3 is 18.0 Å². The quantitative estimate of drug-likeness (QED) is 0.543. The van der Waals surface area contributed by atoms with Crippen molar-refractivity contribution in [2.45, 2.75) is 92.0 Å². The predicted molar refractivity (Wildman–Crippen MR) is 121 cm³/mol. The number of Topliss-reactive ketones (excluding diaryl/α,β-unsaturated/α-hetero) is 1. The summed E-state index contributed by atoms with van der Waals surface area (Å²) in [6.07, 6.45) is 0.676. The van der Waals surface area contributed by atoms with Crippen LogP contribution in [-0.4, -0.2) is 72.3 Å². The molecule has 0 bridgehead atoms. The molecule has 0 aromatic rings. The number of ether oxygens (including phenoxy) is 2. The molecule has 0 saturated carbocycles. The largest absolute Gasteiger partial charge is 0.444 e. The molecule has 1 saturated heterocycles. The number of imide groups is 1. The summed E-state index contributed by atoms with van der Waals surface area (Å²) in [5.41, 5.74) is -0.717. The minimum absolute atomic E-state index is 0.124. The van der Waals surface area contributed by atoms with Crippen LogP contribution in [0, 0.1) is 11.8 Å². The number of nitrogens with zero attached hydrogens (tertiary/aromatic N) is 1. The van der Waals surface area contributed by atoms with Gasteiger partial charge in [-0.15, -0.1) is 0 Å². The lowest BCUT2D eigenvalue weighted by Crippen LogP contribution is -2.69. The molecule has 0 aromatic carbocycles. The number of carbonyl (C=O) groups is 4. The summed E-state index contributed by atoms with van der Waals surface area (Å²) in [4.78, 5) is 52.4. The normalized spacial score (nSPS) is 23.0. The molecule has 2 unspecified atom stereocenters. The van der Waals surface area contributed by atoms with Crippen molar-refractivity contribution in [3.05, 3.63) is 0 Å². The Hall–Kier alpha value is -2.00. The van der Waals surface area contributed by atoms with Crippen LogP contribution in [0.25, 0.3) is 0 Å². The molecule has 4 atom stereocenters. The van der Waals surface area contributed by atoms with Gasteiger partial charge in [0.05, 0.1) is 12.6 Å². The Balaban J connectivity index is 3.25. The number of urea groups is 1. The van der Waals surface area contributed by atoms with E-state index in [0.29, 0.717) is 19.4 Å². The van der Waals surface area contributed by atoms with Gasteiger partial charge in [-0.25, -0.2) is 14.4 Å². The average Bonchev–Trinajstić information content (AvgIpc) is 3.04. The molecular weight excluding hydrogens is 414 g/mol. The third kappa shape index (κ3) is 6.75. The van der Waals surface area contributed by atoms with Crippen molar-refractivity contribution < 1.29 is 33.1 Å². The number of ketones is 1. The van der Waals surface area contributed by atoms with E-state index in [-0.39, 0.29) is 30.3 Å². The number of nitrogens with one attached hydrogen (secondary N) is 2. The zero-order valence-corrected chi connectivity index (χ0v) is 21.1. The van der Waals surface area contributed by atoms with Gasteiger partial charge in [0.25, 0.3) is 0 Å². The van der Waals surface area contributed by atoms with Gasteiger partial charge in [-0.3, -0.25) is 10.1 Å². The first-order valence-electron chi connectivity index (χ1n) is 11.4. The number of quaternary nitrogens is 1. The second-order valence-corrected chi connectivity index (χ2v) is 10.4. The van der Waals surface area contributed by atoms with Gasteiger partial charge in [0.15, 0.2) is 11.8 Å². The molecule has 9 heteroatoms. The van der Waals surface area contributed by atoms with E-state index in [9.17, 15) is 19.2 Å². The summed E-state index contributed by atoms with van der Waals surface area (Å²) in [6.45, 7) is 14.6. The Morgan fingerprint density at radius 3 is 1.97 bits per heavy atom. The Morgan fingerprint density at radius 1 is 1.00 bits per heavy atom. The minimum atomic E-state index is -0.914. The summed E-state index contributed by atoms with van der Waals surface area (Å²) in [7, 11) is 1.42. The van der Waals surface area contributed by atoms with E-state index >= 15 is 0 Å². The molecule has 0 aliphatic carbocycles. The maximum atomic E-state index is 13.8. The Kier molecular flexibility index (Phi) is 9.84. The van der Waals surface area contributed by atoms with Gasteiger partial charge in [-0.2, -0.15) is 4.48 Å². The fourth-order valence-electron chi connectivity index (χ4n) is 4.10. The molecule has 1 aliphatic rings. The fraction of sp³-hybridized carbons (Fsp3) is 0.826. The first kappa shape index (κ1) is 28.0. The van der Waals surface area contributed by atoms with Crippen LogP contribution in [0.1, 0.15) is 68.2 Å². The smallest absolute Gasteiger partial charge is 0.424 e. The third-order valence-corrected chi connectivity index (χ3v) is 5.82. The number of hydrogen-bond donors (Lipinski definition) is 2. The number of amides is 4. The van der Waals surface area contributed by atoms with Gasteiger partial charge in [0, 0.05) is 20.0 Å². The summed E-state index contributed by atoms with van der Waals surface area (Å²) >= 11 is 0. The topological polar surface area (TPSA) is 111 Å². The van der Waals surface area contributed by atoms with Crippen molar-refractivity contribution in [2.75, 3.05) is 20.3 Å². The van der Waals surface area contributed by atoms with E-state index < -0.39 is 40.2 Å². The zero-order chi connectivity index (χ0) is 24.9. The van der Waals surface area contributed by atoms with E-state index in [4.69, 9.17) is 9.47 Å². The second kappa shape index (κ2) is 11.2. The van der Waals surface area contributed by atoms with E-state index in [1.807, 2.05) is 34.6 Å². The number of likely N-dealkylation sites (tertiary alicyclic amines) is 1. The Bertz CT molecular complexity index is 700. The molecule has 1 aliphatic heterocycles. The highest BCUT2D eigenvalue weighted by molar-refractivity contribution is 5.93. The van der Waals surface area contributed by atoms with Gasteiger partial charge in [0.2, 0.25) is 0 Å². The molecule has 9 nitrogen and oxygen atoms in total. The van der Waals surface area contributed by atoms with Crippen molar-refractivity contribution >= 4 is 23.8 Å². The Labute approximate surface area is 192 Å². The van der Waals surface area contributed by atoms with Crippen LogP contribution < -0.4 is 10.6 Å². The van der Waals surface area contributed by atoms with Crippen molar-refractivity contribution in [3.8, 4) is 0 Å². The number of carbonyl (C=O) groups excluding carboxylic acids is 4. The number of hydrogen-bond acceptors (Lipinski definition) is 6. The fourth-order valence-corrected chi connectivity index (χ4v) is 4.10. The zero-order valence-electron chi connectivity index (χ0n) is 21.1. The monoisotopic (exact) mass is 456 g/mol.